The van der Waals surface area contributed by atoms with Gasteiger partial charge in [0, 0.05) is 38.9 Å². The van der Waals surface area contributed by atoms with Crippen LogP contribution >= 0.6 is 0 Å². The fourth-order valence-electron chi connectivity index (χ4n) is 2.74. The fraction of sp³-hybridized carbons (Fsp3) is 0.438. The molecule has 2 heterocycles. The van der Waals surface area contributed by atoms with E-state index in [-0.39, 0.29) is 12.4 Å². The lowest BCUT2D eigenvalue weighted by molar-refractivity contribution is 0.00320. The second-order valence-corrected chi connectivity index (χ2v) is 5.91. The summed E-state index contributed by atoms with van der Waals surface area (Å²) in [6, 6.07) is 7.94. The number of aliphatic hydroxyl groups is 1. The van der Waals surface area contributed by atoms with Crippen molar-refractivity contribution in [2.45, 2.75) is 18.6 Å². The lowest BCUT2D eigenvalue weighted by atomic mass is 10.1. The van der Waals surface area contributed by atoms with Crippen LogP contribution in [0.5, 0.6) is 5.75 Å². The third kappa shape index (κ3) is 3.64. The van der Waals surface area contributed by atoms with Crippen LogP contribution in [0, 0.1) is 5.82 Å². The largest absolute Gasteiger partial charge is 0.490 e. The van der Waals surface area contributed by atoms with Crippen molar-refractivity contribution in [3.63, 3.8) is 0 Å². The van der Waals surface area contributed by atoms with E-state index in [0.29, 0.717) is 25.3 Å². The molecule has 1 aromatic heterocycles. The number of hydrogen-bond acceptors (Lipinski definition) is 4. The Hall–Kier alpha value is -1.92. The van der Waals surface area contributed by atoms with E-state index >= 15 is 0 Å². The van der Waals surface area contributed by atoms with Gasteiger partial charge in [0.05, 0.1) is 5.69 Å². The Morgan fingerprint density at radius 1 is 1.41 bits per heavy atom. The quantitative estimate of drug-likeness (QED) is 0.911. The summed E-state index contributed by atoms with van der Waals surface area (Å²) in [5.74, 6) is 0.101. The Balaban J connectivity index is 1.54. The van der Waals surface area contributed by atoms with Crippen LogP contribution in [0.15, 0.2) is 36.5 Å². The van der Waals surface area contributed by atoms with E-state index < -0.39 is 5.60 Å². The molecule has 118 valence electrons. The summed E-state index contributed by atoms with van der Waals surface area (Å²) < 4.78 is 20.4. The summed E-state index contributed by atoms with van der Waals surface area (Å²) in [7, 11) is 1.89. The highest BCUT2D eigenvalue weighted by Gasteiger charge is 2.37. The first kappa shape index (κ1) is 15.0. The molecule has 0 spiro atoms. The zero-order valence-electron chi connectivity index (χ0n) is 12.6. The molecule has 1 aliphatic rings. The molecule has 1 fully saturated rings. The Bertz CT molecular complexity index is 646. The van der Waals surface area contributed by atoms with E-state index in [9.17, 15) is 9.50 Å². The zero-order valence-corrected chi connectivity index (χ0v) is 12.6. The number of hydrogen-bond donors (Lipinski definition) is 1. The molecule has 1 N–H and O–H groups in total. The Kier molecular flexibility index (Phi) is 4.13. The standard InChI is InChI=1S/C16H20FN3O2/c1-19-7-5-14(18-19)10-20-8-6-16(21,11-20)12-22-15-4-2-3-13(17)9-15/h2-5,7,9,21H,6,8,10-12H2,1H3/t16-/m0/s1. The van der Waals surface area contributed by atoms with E-state index in [2.05, 4.69) is 10.00 Å². The van der Waals surface area contributed by atoms with Gasteiger partial charge in [0.15, 0.2) is 0 Å². The predicted molar refractivity (Wildman–Crippen MR) is 79.9 cm³/mol. The fourth-order valence-corrected chi connectivity index (χ4v) is 2.74. The zero-order chi connectivity index (χ0) is 15.6. The first-order chi connectivity index (χ1) is 10.5. The summed E-state index contributed by atoms with van der Waals surface area (Å²) in [4.78, 5) is 2.15. The lowest BCUT2D eigenvalue weighted by Crippen LogP contribution is -2.39. The maximum Gasteiger partial charge on any atom is 0.126 e. The van der Waals surface area contributed by atoms with Crippen LogP contribution < -0.4 is 4.74 Å². The number of aryl methyl sites for hydroxylation is 1. The molecule has 6 heteroatoms. The first-order valence-corrected chi connectivity index (χ1v) is 7.34. The van der Waals surface area contributed by atoms with Crippen molar-refractivity contribution < 1.29 is 14.2 Å². The van der Waals surface area contributed by atoms with Crippen LogP contribution in [-0.4, -0.2) is 45.1 Å². The van der Waals surface area contributed by atoms with Crippen molar-refractivity contribution in [3.05, 3.63) is 48.0 Å². The van der Waals surface area contributed by atoms with Gasteiger partial charge < -0.3 is 9.84 Å². The van der Waals surface area contributed by atoms with E-state index in [1.54, 1.807) is 16.8 Å². The maximum atomic E-state index is 13.1. The van der Waals surface area contributed by atoms with Gasteiger partial charge in [-0.2, -0.15) is 5.10 Å². The van der Waals surface area contributed by atoms with Crippen molar-refractivity contribution in [1.82, 2.24) is 14.7 Å². The number of ether oxygens (including phenoxy) is 1. The summed E-state index contributed by atoms with van der Waals surface area (Å²) in [5, 5.41) is 14.9. The number of aromatic nitrogens is 2. The smallest absolute Gasteiger partial charge is 0.126 e. The molecule has 1 aromatic carbocycles. The Morgan fingerprint density at radius 2 is 2.27 bits per heavy atom. The van der Waals surface area contributed by atoms with Crippen molar-refractivity contribution in [2.24, 2.45) is 7.05 Å². The third-order valence-corrected chi connectivity index (χ3v) is 3.87. The summed E-state index contributed by atoms with van der Waals surface area (Å²) in [5.41, 5.74) is 0.0824. The minimum Gasteiger partial charge on any atom is -0.490 e. The molecular weight excluding hydrogens is 285 g/mol. The minimum atomic E-state index is -0.902. The van der Waals surface area contributed by atoms with Crippen molar-refractivity contribution in [3.8, 4) is 5.75 Å². The number of nitrogens with zero attached hydrogens (tertiary/aromatic N) is 3. The van der Waals surface area contributed by atoms with Crippen LogP contribution in [0.25, 0.3) is 0 Å². The van der Waals surface area contributed by atoms with E-state index in [1.807, 2.05) is 19.3 Å². The second kappa shape index (κ2) is 6.06. The molecule has 0 amide bonds. The summed E-state index contributed by atoms with van der Waals surface area (Å²) in [6.45, 7) is 2.19. The SMILES string of the molecule is Cn1ccc(CN2CC[C@@](O)(COc3cccc(F)c3)C2)n1. The predicted octanol–water partition coefficient (Wildman–Crippen LogP) is 1.58. The summed E-state index contributed by atoms with van der Waals surface area (Å²) in [6.07, 6.45) is 2.54. The number of likely N-dealkylation sites (tertiary alicyclic amines) is 1. The highest BCUT2D eigenvalue weighted by atomic mass is 19.1. The molecule has 5 nitrogen and oxygen atoms in total. The molecule has 0 aliphatic carbocycles. The monoisotopic (exact) mass is 305 g/mol. The maximum absolute atomic E-state index is 13.1. The van der Waals surface area contributed by atoms with Gasteiger partial charge in [0.2, 0.25) is 0 Å². The van der Waals surface area contributed by atoms with Crippen LogP contribution in [0.3, 0.4) is 0 Å². The number of rotatable bonds is 5. The molecule has 0 bridgehead atoms. The minimum absolute atomic E-state index is 0.162. The molecule has 1 saturated heterocycles. The second-order valence-electron chi connectivity index (χ2n) is 5.91. The van der Waals surface area contributed by atoms with Gasteiger partial charge in [0.25, 0.3) is 0 Å². The highest BCUT2D eigenvalue weighted by molar-refractivity contribution is 5.22. The van der Waals surface area contributed by atoms with Gasteiger partial charge in [-0.25, -0.2) is 4.39 Å². The first-order valence-electron chi connectivity index (χ1n) is 7.34. The Morgan fingerprint density at radius 3 is 3.00 bits per heavy atom. The van der Waals surface area contributed by atoms with Gasteiger partial charge in [-0.3, -0.25) is 9.58 Å². The number of benzene rings is 1. The van der Waals surface area contributed by atoms with Crippen LogP contribution in [-0.2, 0) is 13.6 Å². The van der Waals surface area contributed by atoms with Crippen LogP contribution in [0.2, 0.25) is 0 Å². The molecule has 0 unspecified atom stereocenters. The van der Waals surface area contributed by atoms with E-state index in [4.69, 9.17) is 4.74 Å². The third-order valence-electron chi connectivity index (χ3n) is 3.87. The van der Waals surface area contributed by atoms with Crippen LogP contribution in [0.1, 0.15) is 12.1 Å². The topological polar surface area (TPSA) is 50.5 Å². The molecule has 0 radical (unpaired) electrons. The van der Waals surface area contributed by atoms with E-state index in [1.165, 1.54) is 12.1 Å². The number of β-amino-alcohol motifs (C(OH)–C–C–N with tert-alkyl or cyclic N) is 1. The lowest BCUT2D eigenvalue weighted by Gasteiger charge is -2.23. The Labute approximate surface area is 128 Å². The van der Waals surface area contributed by atoms with Gasteiger partial charge in [-0.1, -0.05) is 6.07 Å². The molecule has 2 aromatic rings. The van der Waals surface area contributed by atoms with Crippen molar-refractivity contribution in [1.29, 1.82) is 0 Å². The molecule has 1 atom stereocenters. The average molecular weight is 305 g/mol. The molecule has 3 rings (SSSR count). The average Bonchev–Trinajstić information content (AvgIpc) is 3.04. The molecule has 22 heavy (non-hydrogen) atoms. The molecule has 0 saturated carbocycles. The van der Waals surface area contributed by atoms with Gasteiger partial charge in [0.1, 0.15) is 23.8 Å². The highest BCUT2D eigenvalue weighted by Crippen LogP contribution is 2.24. The molecular formula is C16H20FN3O2. The molecule has 1 aliphatic heterocycles. The van der Waals surface area contributed by atoms with Gasteiger partial charge in [-0.15, -0.1) is 0 Å². The van der Waals surface area contributed by atoms with Gasteiger partial charge >= 0.3 is 0 Å². The van der Waals surface area contributed by atoms with Gasteiger partial charge in [-0.05, 0) is 24.6 Å². The van der Waals surface area contributed by atoms with Crippen molar-refractivity contribution in [2.75, 3.05) is 19.7 Å². The number of halogens is 1. The normalized spacial score (nSPS) is 22.1. The van der Waals surface area contributed by atoms with E-state index in [0.717, 1.165) is 12.2 Å². The van der Waals surface area contributed by atoms with Crippen molar-refractivity contribution >= 4 is 0 Å². The summed E-state index contributed by atoms with van der Waals surface area (Å²) >= 11 is 0. The van der Waals surface area contributed by atoms with Crippen LogP contribution in [0.4, 0.5) is 4.39 Å².